The molecule has 1 aromatic heterocycles. The Hall–Kier alpha value is -1.80. The fraction of sp³-hybridized carbons (Fsp3) is 0.308. The first-order chi connectivity index (χ1) is 8.70. The molecule has 0 saturated heterocycles. The number of aryl methyl sites for hydroxylation is 2. The van der Waals surface area contributed by atoms with E-state index >= 15 is 0 Å². The van der Waals surface area contributed by atoms with Crippen molar-refractivity contribution in [3.63, 3.8) is 0 Å². The van der Waals surface area contributed by atoms with Crippen LogP contribution in [-0.4, -0.2) is 16.0 Å². The molecule has 0 radical (unpaired) electrons. The molecule has 0 aliphatic heterocycles. The van der Waals surface area contributed by atoms with E-state index in [0.29, 0.717) is 23.3 Å². The van der Waals surface area contributed by atoms with Crippen LogP contribution in [0.3, 0.4) is 0 Å². The van der Waals surface area contributed by atoms with Crippen LogP contribution >= 0.6 is 11.8 Å². The summed E-state index contributed by atoms with van der Waals surface area (Å²) in [6.07, 6.45) is 0.478. The molecule has 0 saturated carbocycles. The smallest absolute Gasteiger partial charge is 0.276 e. The average Bonchev–Trinajstić information content (AvgIpc) is 2.82. The summed E-state index contributed by atoms with van der Waals surface area (Å²) in [5.41, 5.74) is 3.36. The Morgan fingerprint density at radius 1 is 1.28 bits per heavy atom. The topological polar surface area (TPSA) is 62.7 Å². The van der Waals surface area contributed by atoms with Crippen molar-refractivity contribution in [2.45, 2.75) is 25.5 Å². The molecule has 0 aliphatic rings. The van der Waals surface area contributed by atoms with Crippen molar-refractivity contribution in [1.82, 2.24) is 10.2 Å². The molecule has 0 unspecified atom stereocenters. The van der Waals surface area contributed by atoms with Gasteiger partial charge in [0.25, 0.3) is 5.22 Å². The predicted molar refractivity (Wildman–Crippen MR) is 70.2 cm³/mol. The first kappa shape index (κ1) is 12.7. The minimum Gasteiger partial charge on any atom is -0.411 e. The van der Waals surface area contributed by atoms with Crippen molar-refractivity contribution in [1.29, 1.82) is 5.26 Å². The average molecular weight is 259 g/mol. The molecular formula is C13H13N3OS. The van der Waals surface area contributed by atoms with Crippen molar-refractivity contribution >= 4 is 11.8 Å². The Labute approximate surface area is 110 Å². The van der Waals surface area contributed by atoms with E-state index in [1.165, 1.54) is 22.9 Å². The van der Waals surface area contributed by atoms with Crippen LogP contribution in [0.15, 0.2) is 27.8 Å². The molecule has 0 amide bonds. The molecule has 0 atom stereocenters. The van der Waals surface area contributed by atoms with Crippen LogP contribution in [0, 0.1) is 25.2 Å². The van der Waals surface area contributed by atoms with Gasteiger partial charge in [-0.05, 0) is 37.1 Å². The molecular weight excluding hydrogens is 246 g/mol. The van der Waals surface area contributed by atoms with Crippen molar-refractivity contribution in [2.75, 3.05) is 5.75 Å². The Morgan fingerprint density at radius 3 is 2.83 bits per heavy atom. The summed E-state index contributed by atoms with van der Waals surface area (Å²) in [5, 5.41) is 16.9. The molecule has 92 valence electrons. The zero-order valence-corrected chi connectivity index (χ0v) is 11.1. The van der Waals surface area contributed by atoms with Crippen LogP contribution < -0.4 is 0 Å². The summed E-state index contributed by atoms with van der Waals surface area (Å²) in [6, 6.07) is 8.12. The standard InChI is InChI=1S/C13H13N3OS/c1-9-4-5-11(8-10(9)2)12-15-16-13(17-12)18-7-3-6-14/h4-5,8H,3,7H2,1-2H3. The number of benzene rings is 1. The lowest BCUT2D eigenvalue weighted by molar-refractivity contribution is 0.466. The van der Waals surface area contributed by atoms with Gasteiger partial charge in [0.2, 0.25) is 5.89 Å². The second-order valence-electron chi connectivity index (χ2n) is 3.93. The number of rotatable bonds is 4. The van der Waals surface area contributed by atoms with Crippen LogP contribution in [0.25, 0.3) is 11.5 Å². The summed E-state index contributed by atoms with van der Waals surface area (Å²) >= 11 is 1.41. The molecule has 1 heterocycles. The number of hydrogen-bond acceptors (Lipinski definition) is 5. The number of nitriles is 1. The molecule has 18 heavy (non-hydrogen) atoms. The summed E-state index contributed by atoms with van der Waals surface area (Å²) in [4.78, 5) is 0. The number of hydrogen-bond donors (Lipinski definition) is 0. The lowest BCUT2D eigenvalue weighted by Crippen LogP contribution is -1.83. The maximum Gasteiger partial charge on any atom is 0.276 e. The van der Waals surface area contributed by atoms with Gasteiger partial charge in [-0.3, -0.25) is 0 Å². The van der Waals surface area contributed by atoms with Crippen molar-refractivity contribution in [2.24, 2.45) is 0 Å². The highest BCUT2D eigenvalue weighted by molar-refractivity contribution is 7.99. The maximum absolute atomic E-state index is 8.45. The second-order valence-corrected chi connectivity index (χ2v) is 4.97. The van der Waals surface area contributed by atoms with Gasteiger partial charge in [-0.15, -0.1) is 10.2 Å². The third-order valence-corrected chi connectivity index (χ3v) is 3.42. The van der Waals surface area contributed by atoms with Gasteiger partial charge >= 0.3 is 0 Å². The molecule has 0 N–H and O–H groups in total. The van der Waals surface area contributed by atoms with Crippen LogP contribution in [0.2, 0.25) is 0 Å². The molecule has 1 aromatic carbocycles. The maximum atomic E-state index is 8.45. The quantitative estimate of drug-likeness (QED) is 0.622. The normalized spacial score (nSPS) is 10.3. The van der Waals surface area contributed by atoms with Crippen LogP contribution in [-0.2, 0) is 0 Å². The van der Waals surface area contributed by atoms with Gasteiger partial charge < -0.3 is 4.42 Å². The fourth-order valence-electron chi connectivity index (χ4n) is 1.44. The SMILES string of the molecule is Cc1ccc(-c2nnc(SCCC#N)o2)cc1C. The van der Waals surface area contributed by atoms with Crippen molar-refractivity contribution in [3.8, 4) is 17.5 Å². The Bertz CT molecular complexity index is 586. The zero-order chi connectivity index (χ0) is 13.0. The molecule has 2 aromatic rings. The highest BCUT2D eigenvalue weighted by Crippen LogP contribution is 2.24. The van der Waals surface area contributed by atoms with E-state index < -0.39 is 0 Å². The van der Waals surface area contributed by atoms with Gasteiger partial charge in [-0.2, -0.15) is 5.26 Å². The van der Waals surface area contributed by atoms with E-state index in [0.717, 1.165) is 5.56 Å². The monoisotopic (exact) mass is 259 g/mol. The fourth-order valence-corrected chi connectivity index (χ4v) is 2.05. The minimum atomic E-state index is 0.478. The molecule has 0 fully saturated rings. The summed E-state index contributed by atoms with van der Waals surface area (Å²) in [5.74, 6) is 1.20. The number of thioether (sulfide) groups is 1. The van der Waals surface area contributed by atoms with Crippen molar-refractivity contribution < 1.29 is 4.42 Å². The minimum absolute atomic E-state index is 0.478. The molecule has 4 nitrogen and oxygen atoms in total. The predicted octanol–water partition coefficient (Wildman–Crippen LogP) is 3.36. The van der Waals surface area contributed by atoms with E-state index in [9.17, 15) is 0 Å². The van der Waals surface area contributed by atoms with E-state index in [-0.39, 0.29) is 0 Å². The van der Waals surface area contributed by atoms with Crippen molar-refractivity contribution in [3.05, 3.63) is 29.3 Å². The number of aromatic nitrogens is 2. The second kappa shape index (κ2) is 5.69. The van der Waals surface area contributed by atoms with Gasteiger partial charge in [0.15, 0.2) is 0 Å². The highest BCUT2D eigenvalue weighted by Gasteiger charge is 2.09. The molecule has 5 heteroatoms. The van der Waals surface area contributed by atoms with Gasteiger partial charge in [-0.1, -0.05) is 17.8 Å². The molecule has 0 bridgehead atoms. The summed E-state index contributed by atoms with van der Waals surface area (Å²) < 4.78 is 5.54. The largest absolute Gasteiger partial charge is 0.411 e. The third kappa shape index (κ3) is 2.90. The van der Waals surface area contributed by atoms with E-state index in [2.05, 4.69) is 30.1 Å². The van der Waals surface area contributed by atoms with E-state index in [1.807, 2.05) is 18.2 Å². The van der Waals surface area contributed by atoms with E-state index in [1.54, 1.807) is 0 Å². The Balaban J connectivity index is 2.14. The summed E-state index contributed by atoms with van der Waals surface area (Å²) in [6.45, 7) is 4.12. The summed E-state index contributed by atoms with van der Waals surface area (Å²) in [7, 11) is 0. The first-order valence-corrected chi connectivity index (χ1v) is 6.60. The van der Waals surface area contributed by atoms with Crippen LogP contribution in [0.5, 0.6) is 0 Å². The zero-order valence-electron chi connectivity index (χ0n) is 10.3. The first-order valence-electron chi connectivity index (χ1n) is 5.61. The number of nitrogens with zero attached hydrogens (tertiary/aromatic N) is 3. The van der Waals surface area contributed by atoms with Gasteiger partial charge in [-0.25, -0.2) is 0 Å². The Kier molecular flexibility index (Phi) is 4.00. The molecule has 0 spiro atoms. The van der Waals surface area contributed by atoms with Crippen LogP contribution in [0.1, 0.15) is 17.5 Å². The third-order valence-electron chi connectivity index (χ3n) is 2.60. The molecule has 0 aliphatic carbocycles. The lowest BCUT2D eigenvalue weighted by Gasteiger charge is -2.00. The molecule has 2 rings (SSSR count). The van der Waals surface area contributed by atoms with Gasteiger partial charge in [0, 0.05) is 17.7 Å². The van der Waals surface area contributed by atoms with Gasteiger partial charge in [0.05, 0.1) is 6.07 Å². The van der Waals surface area contributed by atoms with E-state index in [4.69, 9.17) is 9.68 Å². The van der Waals surface area contributed by atoms with Crippen LogP contribution in [0.4, 0.5) is 0 Å². The highest BCUT2D eigenvalue weighted by atomic mass is 32.2. The Morgan fingerprint density at radius 2 is 2.11 bits per heavy atom. The van der Waals surface area contributed by atoms with Gasteiger partial charge in [0.1, 0.15) is 0 Å². The lowest BCUT2D eigenvalue weighted by atomic mass is 10.1.